The monoisotopic (exact) mass is 325 g/mol. The average molecular weight is 325 g/mol. The summed E-state index contributed by atoms with van der Waals surface area (Å²) in [5, 5.41) is 0. The van der Waals surface area contributed by atoms with E-state index in [9.17, 15) is 14.0 Å². The van der Waals surface area contributed by atoms with Crippen molar-refractivity contribution in [3.05, 3.63) is 41.2 Å². The summed E-state index contributed by atoms with van der Waals surface area (Å²) in [6, 6.07) is 6.13. The van der Waals surface area contributed by atoms with E-state index in [1.165, 1.54) is 17.2 Å². The predicted molar refractivity (Wildman–Crippen MR) is 87.6 cm³/mol. The number of hydrogen-bond donors (Lipinski definition) is 0. The van der Waals surface area contributed by atoms with E-state index in [-0.39, 0.29) is 41.2 Å². The van der Waals surface area contributed by atoms with Crippen molar-refractivity contribution >= 4 is 17.5 Å². The van der Waals surface area contributed by atoms with Crippen LogP contribution in [0.5, 0.6) is 0 Å². The minimum Gasteiger partial charge on any atom is -0.274 e. The van der Waals surface area contributed by atoms with Crippen LogP contribution < -0.4 is 4.90 Å². The van der Waals surface area contributed by atoms with Gasteiger partial charge < -0.3 is 0 Å². The second-order valence-corrected chi connectivity index (χ2v) is 7.56. The van der Waals surface area contributed by atoms with Crippen LogP contribution in [0.1, 0.15) is 38.5 Å². The van der Waals surface area contributed by atoms with Gasteiger partial charge in [0.2, 0.25) is 11.8 Å². The van der Waals surface area contributed by atoms with E-state index < -0.39 is 5.82 Å². The first-order valence-corrected chi connectivity index (χ1v) is 9.02. The van der Waals surface area contributed by atoms with Crippen molar-refractivity contribution in [2.75, 3.05) is 4.90 Å². The molecule has 24 heavy (non-hydrogen) atoms. The molecule has 0 N–H and O–H groups in total. The Balaban J connectivity index is 1.63. The molecule has 0 spiro atoms. The molecule has 3 fully saturated rings. The average Bonchev–Trinajstić information content (AvgIpc) is 3.26. The van der Waals surface area contributed by atoms with Crippen LogP contribution in [0.4, 0.5) is 10.1 Å². The third-order valence-corrected chi connectivity index (χ3v) is 6.59. The Morgan fingerprint density at radius 1 is 0.875 bits per heavy atom. The van der Waals surface area contributed by atoms with Gasteiger partial charge in [-0.05, 0) is 62.5 Å². The highest BCUT2D eigenvalue weighted by Crippen LogP contribution is 2.57. The quantitative estimate of drug-likeness (QED) is 0.581. The van der Waals surface area contributed by atoms with Crippen LogP contribution in [-0.2, 0) is 9.59 Å². The summed E-state index contributed by atoms with van der Waals surface area (Å²) in [5.41, 5.74) is 3.06. The van der Waals surface area contributed by atoms with Crippen molar-refractivity contribution in [1.29, 1.82) is 0 Å². The van der Waals surface area contributed by atoms with E-state index in [4.69, 9.17) is 0 Å². The minimum atomic E-state index is -0.496. The number of allylic oxidation sites excluding steroid dienone is 2. The number of hydrogen-bond acceptors (Lipinski definition) is 2. The van der Waals surface area contributed by atoms with E-state index >= 15 is 0 Å². The lowest BCUT2D eigenvalue weighted by Crippen LogP contribution is -2.35. The van der Waals surface area contributed by atoms with Crippen LogP contribution in [0.15, 0.2) is 35.4 Å². The molecule has 124 valence electrons. The largest absolute Gasteiger partial charge is 0.274 e. The van der Waals surface area contributed by atoms with Crippen LogP contribution in [0, 0.1) is 29.5 Å². The molecule has 0 unspecified atom stereocenters. The van der Waals surface area contributed by atoms with Gasteiger partial charge in [0.15, 0.2) is 0 Å². The second kappa shape index (κ2) is 5.01. The van der Waals surface area contributed by atoms with Crippen molar-refractivity contribution in [2.24, 2.45) is 23.7 Å². The molecule has 2 saturated carbocycles. The molecule has 0 bridgehead atoms. The van der Waals surface area contributed by atoms with Crippen molar-refractivity contribution in [3.8, 4) is 0 Å². The van der Waals surface area contributed by atoms with Crippen LogP contribution in [0.3, 0.4) is 0 Å². The number of rotatable bonds is 1. The van der Waals surface area contributed by atoms with Crippen LogP contribution >= 0.6 is 0 Å². The van der Waals surface area contributed by atoms with E-state index in [0.29, 0.717) is 0 Å². The number of benzene rings is 1. The van der Waals surface area contributed by atoms with Crippen molar-refractivity contribution in [2.45, 2.75) is 38.5 Å². The van der Waals surface area contributed by atoms with Crippen LogP contribution in [0.2, 0.25) is 0 Å². The maximum absolute atomic E-state index is 14.2. The first kappa shape index (κ1) is 14.4. The molecular weight excluding hydrogens is 305 g/mol. The summed E-state index contributed by atoms with van der Waals surface area (Å²) in [4.78, 5) is 27.5. The molecule has 1 saturated heterocycles. The van der Waals surface area contributed by atoms with Crippen molar-refractivity contribution in [1.82, 2.24) is 0 Å². The number of halogens is 1. The van der Waals surface area contributed by atoms with Gasteiger partial charge in [0.25, 0.3) is 0 Å². The standard InChI is InChI=1S/C20H20FNO2/c21-15-9-1-2-10-16(15)22-19(23)17-13-7-3-5-11(13)12-6-4-8-14(12)18(17)20(22)24/h1-2,9-10,13-14,17-18H,3-8H2/t13-,14+,17-,18-/m0/s1. The number of para-hydroxylation sites is 1. The highest BCUT2D eigenvalue weighted by Gasteiger charge is 2.59. The lowest BCUT2D eigenvalue weighted by Gasteiger charge is -2.34. The zero-order chi connectivity index (χ0) is 16.4. The molecule has 0 radical (unpaired) electrons. The number of carbonyl (C=O) groups is 2. The SMILES string of the molecule is O=C1[C@@H]2[C@@H](C(=O)N1c1ccccc1F)[C@H]1CCCC1=C1CCC[C@H]12. The maximum Gasteiger partial charge on any atom is 0.238 e. The van der Waals surface area contributed by atoms with Gasteiger partial charge in [0.05, 0.1) is 17.5 Å². The molecule has 4 aliphatic rings. The molecule has 3 aliphatic carbocycles. The van der Waals surface area contributed by atoms with E-state index in [1.807, 2.05) is 0 Å². The van der Waals surface area contributed by atoms with Crippen molar-refractivity contribution < 1.29 is 14.0 Å². The number of carbonyl (C=O) groups excluding carboxylic acids is 2. The summed E-state index contributed by atoms with van der Waals surface area (Å²) < 4.78 is 14.2. The van der Waals surface area contributed by atoms with Gasteiger partial charge in [0, 0.05) is 0 Å². The summed E-state index contributed by atoms with van der Waals surface area (Å²) in [6.07, 6.45) is 6.39. The molecule has 1 aromatic rings. The molecule has 3 nitrogen and oxygen atoms in total. The first-order chi connectivity index (χ1) is 11.7. The molecule has 4 heteroatoms. The smallest absolute Gasteiger partial charge is 0.238 e. The highest BCUT2D eigenvalue weighted by atomic mass is 19.1. The number of nitrogens with zero attached hydrogens (tertiary/aromatic N) is 1. The highest BCUT2D eigenvalue weighted by molar-refractivity contribution is 6.22. The Bertz CT molecular complexity index is 742. The topological polar surface area (TPSA) is 37.4 Å². The molecule has 1 aliphatic heterocycles. The van der Waals surface area contributed by atoms with Crippen molar-refractivity contribution in [3.63, 3.8) is 0 Å². The third kappa shape index (κ3) is 1.72. The zero-order valence-corrected chi connectivity index (χ0v) is 13.5. The normalized spacial score (nSPS) is 34.6. The van der Waals surface area contributed by atoms with Gasteiger partial charge in [0.1, 0.15) is 5.82 Å². The fraction of sp³-hybridized carbons (Fsp3) is 0.500. The van der Waals surface area contributed by atoms with E-state index in [0.717, 1.165) is 43.4 Å². The van der Waals surface area contributed by atoms with Gasteiger partial charge in [-0.25, -0.2) is 9.29 Å². The minimum absolute atomic E-state index is 0.126. The Morgan fingerprint density at radius 2 is 1.42 bits per heavy atom. The van der Waals surface area contributed by atoms with Gasteiger partial charge in [-0.2, -0.15) is 0 Å². The lowest BCUT2D eigenvalue weighted by molar-refractivity contribution is -0.122. The predicted octanol–water partition coefficient (Wildman–Crippen LogP) is 3.84. The van der Waals surface area contributed by atoms with Gasteiger partial charge in [-0.1, -0.05) is 23.3 Å². The summed E-state index contributed by atoms with van der Waals surface area (Å²) in [7, 11) is 0. The fourth-order valence-electron chi connectivity index (χ4n) is 5.76. The second-order valence-electron chi connectivity index (χ2n) is 7.56. The third-order valence-electron chi connectivity index (χ3n) is 6.59. The molecule has 2 amide bonds. The summed E-state index contributed by atoms with van der Waals surface area (Å²) >= 11 is 0. The maximum atomic E-state index is 14.2. The number of amides is 2. The zero-order valence-electron chi connectivity index (χ0n) is 13.5. The molecule has 4 atom stereocenters. The Hall–Kier alpha value is -1.97. The van der Waals surface area contributed by atoms with Gasteiger partial charge in [-0.15, -0.1) is 0 Å². The Morgan fingerprint density at radius 3 is 1.96 bits per heavy atom. The molecular formula is C20H20FNO2. The Labute approximate surface area is 140 Å². The molecule has 1 heterocycles. The molecule has 1 aromatic carbocycles. The van der Waals surface area contributed by atoms with Crippen LogP contribution in [0.25, 0.3) is 0 Å². The number of fused-ring (bicyclic) bond motifs is 5. The van der Waals surface area contributed by atoms with E-state index in [2.05, 4.69) is 0 Å². The molecule has 0 aromatic heterocycles. The van der Waals surface area contributed by atoms with E-state index in [1.54, 1.807) is 18.2 Å². The number of anilines is 1. The fourth-order valence-corrected chi connectivity index (χ4v) is 5.76. The first-order valence-electron chi connectivity index (χ1n) is 9.02. The van der Waals surface area contributed by atoms with Gasteiger partial charge in [-0.3, -0.25) is 9.59 Å². The lowest BCUT2D eigenvalue weighted by atomic mass is 9.66. The number of imide groups is 1. The van der Waals surface area contributed by atoms with Crippen LogP contribution in [-0.4, -0.2) is 11.8 Å². The Kier molecular flexibility index (Phi) is 3.00. The summed E-state index contributed by atoms with van der Waals surface area (Å²) in [6.45, 7) is 0. The molecule has 5 rings (SSSR count). The van der Waals surface area contributed by atoms with Gasteiger partial charge >= 0.3 is 0 Å². The summed E-state index contributed by atoms with van der Waals surface area (Å²) in [5.74, 6) is -0.942.